The molecule has 0 amide bonds. The first-order valence-corrected chi connectivity index (χ1v) is 8.16. The molecule has 0 heterocycles. The van der Waals surface area contributed by atoms with Crippen LogP contribution in [0.5, 0.6) is 5.75 Å². The molecule has 0 saturated carbocycles. The number of esters is 1. The van der Waals surface area contributed by atoms with Crippen molar-refractivity contribution in [2.75, 3.05) is 6.61 Å². The molecule has 26 heavy (non-hydrogen) atoms. The van der Waals surface area contributed by atoms with Crippen LogP contribution in [0.3, 0.4) is 0 Å². The molecule has 7 nitrogen and oxygen atoms in total. The highest BCUT2D eigenvalue weighted by Crippen LogP contribution is 2.27. The summed E-state index contributed by atoms with van der Waals surface area (Å²) >= 11 is 6.17. The number of benzene rings is 2. The zero-order valence-corrected chi connectivity index (χ0v) is 14.7. The summed E-state index contributed by atoms with van der Waals surface area (Å²) in [6.07, 6.45) is 0. The minimum atomic E-state index is -1.59. The lowest BCUT2D eigenvalue weighted by molar-refractivity contribution is -0.143. The van der Waals surface area contributed by atoms with E-state index in [1.165, 1.54) is 18.2 Å². The van der Waals surface area contributed by atoms with Crippen LogP contribution in [0.1, 0.15) is 22.8 Å². The van der Waals surface area contributed by atoms with Gasteiger partial charge in [0.25, 0.3) is 0 Å². The maximum Gasteiger partial charge on any atom is 0.322 e. The summed E-state index contributed by atoms with van der Waals surface area (Å²) in [6.45, 7) is 1.97. The maximum atomic E-state index is 12.4. The van der Waals surface area contributed by atoms with Gasteiger partial charge in [0.15, 0.2) is 11.8 Å². The normalized spacial score (nSPS) is 11.2. The first-order chi connectivity index (χ1) is 12.6. The molecule has 0 saturated heterocycles. The van der Waals surface area contributed by atoms with Crippen LogP contribution in [-0.2, 0) is 16.1 Å². The molecule has 2 rings (SSSR count). The smallest absolute Gasteiger partial charge is 0.322 e. The molecule has 1 atom stereocenters. The highest BCUT2D eigenvalue weighted by Gasteiger charge is 2.28. The topological polar surface area (TPSA) is 101 Å². The van der Waals surface area contributed by atoms with E-state index in [0.717, 1.165) is 5.56 Å². The summed E-state index contributed by atoms with van der Waals surface area (Å²) in [5.41, 5.74) is 9.66. The largest absolute Gasteiger partial charge is 0.487 e. The van der Waals surface area contributed by atoms with Crippen molar-refractivity contribution in [1.29, 1.82) is 0 Å². The van der Waals surface area contributed by atoms with Gasteiger partial charge < -0.3 is 9.47 Å². The summed E-state index contributed by atoms with van der Waals surface area (Å²) in [5.74, 6) is -1.21. The van der Waals surface area contributed by atoms with Crippen LogP contribution in [0.2, 0.25) is 5.02 Å². The summed E-state index contributed by atoms with van der Waals surface area (Å²) in [6, 6.07) is 12.3. The number of azide groups is 1. The number of rotatable bonds is 8. The van der Waals surface area contributed by atoms with Crippen molar-refractivity contribution in [3.63, 3.8) is 0 Å². The van der Waals surface area contributed by atoms with Crippen molar-refractivity contribution in [3.05, 3.63) is 75.1 Å². The predicted octanol–water partition coefficient (Wildman–Crippen LogP) is 4.34. The molecule has 0 spiro atoms. The van der Waals surface area contributed by atoms with Crippen LogP contribution < -0.4 is 4.74 Å². The third kappa shape index (κ3) is 4.99. The van der Waals surface area contributed by atoms with Crippen LogP contribution in [0, 0.1) is 0 Å². The fraction of sp³-hybridized carbons (Fsp3) is 0.222. The fourth-order valence-electron chi connectivity index (χ4n) is 2.14. The van der Waals surface area contributed by atoms with Crippen molar-refractivity contribution in [3.8, 4) is 5.75 Å². The summed E-state index contributed by atoms with van der Waals surface area (Å²) in [5, 5.41) is 3.43. The zero-order chi connectivity index (χ0) is 18.9. The van der Waals surface area contributed by atoms with Crippen molar-refractivity contribution < 1.29 is 19.1 Å². The minimum Gasteiger partial charge on any atom is -0.487 e. The average molecular weight is 374 g/mol. The lowest BCUT2D eigenvalue weighted by Gasteiger charge is -2.12. The van der Waals surface area contributed by atoms with Crippen molar-refractivity contribution in [2.45, 2.75) is 19.6 Å². The third-order valence-electron chi connectivity index (χ3n) is 3.38. The number of nitrogens with zero attached hydrogens (tertiary/aromatic N) is 3. The van der Waals surface area contributed by atoms with E-state index in [9.17, 15) is 9.59 Å². The van der Waals surface area contributed by atoms with Crippen LogP contribution in [-0.4, -0.2) is 24.4 Å². The second-order valence-corrected chi connectivity index (χ2v) is 5.55. The Balaban J connectivity index is 2.15. The van der Waals surface area contributed by atoms with E-state index in [-0.39, 0.29) is 17.2 Å². The van der Waals surface area contributed by atoms with Crippen molar-refractivity contribution in [2.24, 2.45) is 5.11 Å². The number of hydrogen-bond donors (Lipinski definition) is 0. The van der Waals surface area contributed by atoms with Gasteiger partial charge in [0.1, 0.15) is 12.4 Å². The Morgan fingerprint density at radius 3 is 2.58 bits per heavy atom. The van der Waals surface area contributed by atoms with Gasteiger partial charge in [-0.1, -0.05) is 47.0 Å². The van der Waals surface area contributed by atoms with Crippen LogP contribution in [0.25, 0.3) is 10.4 Å². The Hall–Kier alpha value is -3.02. The van der Waals surface area contributed by atoms with E-state index >= 15 is 0 Å². The third-order valence-corrected chi connectivity index (χ3v) is 3.67. The number of ether oxygens (including phenoxy) is 2. The molecular weight excluding hydrogens is 358 g/mol. The fourth-order valence-corrected chi connectivity index (χ4v) is 2.38. The molecule has 0 N–H and O–H groups in total. The summed E-state index contributed by atoms with van der Waals surface area (Å²) in [7, 11) is 0. The molecule has 0 aliphatic rings. The second kappa shape index (κ2) is 9.46. The highest BCUT2D eigenvalue weighted by molar-refractivity contribution is 6.32. The van der Waals surface area contributed by atoms with Crippen LogP contribution in [0.15, 0.2) is 53.6 Å². The standard InChI is InChI=1S/C18H16ClN3O4/c1-2-25-18(24)16(21-22-20)17(23)13-8-9-15(14(19)10-13)26-11-12-6-4-3-5-7-12/h3-10,16H,2,11H2,1H3. The average Bonchev–Trinajstić information content (AvgIpc) is 2.65. The molecule has 0 aliphatic carbocycles. The Bertz CT molecular complexity index is 836. The zero-order valence-electron chi connectivity index (χ0n) is 14.0. The number of carbonyl (C=O) groups is 2. The number of hydrogen-bond acceptors (Lipinski definition) is 5. The molecule has 8 heteroatoms. The molecule has 0 fully saturated rings. The van der Waals surface area contributed by atoms with Gasteiger partial charge in [0.05, 0.1) is 11.6 Å². The molecule has 1 unspecified atom stereocenters. The van der Waals surface area contributed by atoms with Gasteiger partial charge in [-0.3, -0.25) is 9.59 Å². The van der Waals surface area contributed by atoms with Gasteiger partial charge in [-0.2, -0.15) is 0 Å². The molecule has 2 aromatic carbocycles. The van der Waals surface area contributed by atoms with Crippen LogP contribution in [0.4, 0.5) is 0 Å². The lowest BCUT2D eigenvalue weighted by atomic mass is 10.0. The second-order valence-electron chi connectivity index (χ2n) is 5.14. The maximum absolute atomic E-state index is 12.4. The van der Waals surface area contributed by atoms with E-state index in [2.05, 4.69) is 10.0 Å². The molecule has 0 bridgehead atoms. The van der Waals surface area contributed by atoms with Gasteiger partial charge in [-0.25, -0.2) is 0 Å². The Labute approximate surface area is 155 Å². The molecule has 0 aromatic heterocycles. The number of ketones is 1. The molecule has 134 valence electrons. The van der Waals surface area contributed by atoms with E-state index in [4.69, 9.17) is 26.6 Å². The lowest BCUT2D eigenvalue weighted by Crippen LogP contribution is -2.30. The summed E-state index contributed by atoms with van der Waals surface area (Å²) in [4.78, 5) is 26.8. The first-order valence-electron chi connectivity index (χ1n) is 7.78. The van der Waals surface area contributed by atoms with Crippen molar-refractivity contribution in [1.82, 2.24) is 0 Å². The Kier molecular flexibility index (Phi) is 7.02. The van der Waals surface area contributed by atoms with Gasteiger partial charge in [0, 0.05) is 10.5 Å². The molecule has 0 aliphatic heterocycles. The van der Waals surface area contributed by atoms with Crippen molar-refractivity contribution >= 4 is 23.4 Å². The van der Waals surface area contributed by atoms with E-state index in [1.54, 1.807) is 6.92 Å². The van der Waals surface area contributed by atoms with Gasteiger partial charge in [-0.05, 0) is 36.2 Å². The number of carbonyl (C=O) groups excluding carboxylic acids is 2. The van der Waals surface area contributed by atoms with Gasteiger partial charge in [-0.15, -0.1) is 0 Å². The molecule has 0 radical (unpaired) electrons. The minimum absolute atomic E-state index is 0.0661. The van der Waals surface area contributed by atoms with Gasteiger partial charge in [0.2, 0.25) is 0 Å². The SMILES string of the molecule is CCOC(=O)C(N=[N+]=[N-])C(=O)c1ccc(OCc2ccccc2)c(Cl)c1. The summed E-state index contributed by atoms with van der Waals surface area (Å²) < 4.78 is 10.4. The first kappa shape index (κ1) is 19.3. The Morgan fingerprint density at radius 2 is 1.96 bits per heavy atom. The van der Waals surface area contributed by atoms with E-state index in [1.807, 2.05) is 30.3 Å². The monoisotopic (exact) mass is 373 g/mol. The quantitative estimate of drug-likeness (QED) is 0.171. The Morgan fingerprint density at radius 1 is 1.23 bits per heavy atom. The van der Waals surface area contributed by atoms with E-state index in [0.29, 0.717) is 12.4 Å². The molecular formula is C18H16ClN3O4. The van der Waals surface area contributed by atoms with E-state index < -0.39 is 17.8 Å². The van der Waals surface area contributed by atoms with Crippen LogP contribution >= 0.6 is 11.6 Å². The van der Waals surface area contributed by atoms with Gasteiger partial charge >= 0.3 is 5.97 Å². The molecule has 2 aromatic rings. The predicted molar refractivity (Wildman–Crippen MR) is 96.1 cm³/mol. The number of halogens is 1. The highest BCUT2D eigenvalue weighted by atomic mass is 35.5. The number of Topliss-reactive ketones (excluding diaryl/α,β-unsaturated/α-hetero) is 1.